The summed E-state index contributed by atoms with van der Waals surface area (Å²) in [4.78, 5) is 32.8. The second kappa shape index (κ2) is 12.2. The first kappa shape index (κ1) is 29.2. The molecule has 0 fully saturated rings. The number of aromatic hydroxyl groups is 1. The van der Waals surface area contributed by atoms with E-state index >= 15 is 4.39 Å². The molecule has 0 spiro atoms. The number of aliphatic imine (C=N–C) groups is 1. The van der Waals surface area contributed by atoms with Gasteiger partial charge in [-0.25, -0.2) is 9.37 Å². The molecule has 1 aromatic heterocycles. The van der Waals surface area contributed by atoms with Crippen molar-refractivity contribution in [2.24, 2.45) is 10.7 Å². The number of phenols is 1. The first-order chi connectivity index (χ1) is 19.4. The van der Waals surface area contributed by atoms with Gasteiger partial charge in [-0.2, -0.15) is 4.39 Å². The Kier molecular flexibility index (Phi) is 8.68. The number of hydrogen-bond acceptors (Lipinski definition) is 10. The average molecular weight is 588 g/mol. The number of phenolic OH excluding ortho intramolecular Hbond substituents is 1. The number of nitrogens with one attached hydrogen (secondary N) is 1. The molecule has 3 aromatic rings. The third-order valence-corrected chi connectivity index (χ3v) is 6.97. The van der Waals surface area contributed by atoms with Crippen molar-refractivity contribution in [3.05, 3.63) is 65.4 Å². The molecule has 0 radical (unpaired) electrons. The zero-order chi connectivity index (χ0) is 29.8. The van der Waals surface area contributed by atoms with Crippen LogP contribution in [0.1, 0.15) is 23.7 Å². The Bertz CT molecular complexity index is 1550. The maximum atomic E-state index is 15.5. The van der Waals surface area contributed by atoms with Crippen molar-refractivity contribution >= 4 is 35.8 Å². The predicted molar refractivity (Wildman–Crippen MR) is 143 cm³/mol. The summed E-state index contributed by atoms with van der Waals surface area (Å²) in [6.45, 7) is 0.455. The van der Waals surface area contributed by atoms with Crippen molar-refractivity contribution in [3.8, 4) is 28.9 Å². The van der Waals surface area contributed by atoms with Gasteiger partial charge in [0.1, 0.15) is 23.0 Å². The number of aliphatic carboxylic acids is 2. The lowest BCUT2D eigenvalue weighted by molar-refractivity contribution is -0.142. The van der Waals surface area contributed by atoms with Crippen LogP contribution < -0.4 is 15.2 Å². The summed E-state index contributed by atoms with van der Waals surface area (Å²) < 4.78 is 41.3. The second-order valence-corrected chi connectivity index (χ2v) is 10.0. The van der Waals surface area contributed by atoms with Crippen molar-refractivity contribution < 1.29 is 43.2 Å². The van der Waals surface area contributed by atoms with Gasteiger partial charge in [0, 0.05) is 28.8 Å². The summed E-state index contributed by atoms with van der Waals surface area (Å²) in [5, 5.41) is 34.8. The summed E-state index contributed by atoms with van der Waals surface area (Å²) in [7, 11) is 1.74. The Morgan fingerprint density at radius 1 is 1.20 bits per heavy atom. The van der Waals surface area contributed by atoms with Gasteiger partial charge in [-0.1, -0.05) is 0 Å². The summed E-state index contributed by atoms with van der Waals surface area (Å²) in [6, 6.07) is 8.02. The molecule has 0 bridgehead atoms. The summed E-state index contributed by atoms with van der Waals surface area (Å²) in [5.41, 5.74) is 5.96. The summed E-state index contributed by atoms with van der Waals surface area (Å²) in [5.74, 6) is -7.78. The number of aromatic nitrogens is 1. The molecule has 0 amide bonds. The van der Waals surface area contributed by atoms with E-state index in [2.05, 4.69) is 9.98 Å². The highest BCUT2D eigenvalue weighted by Crippen LogP contribution is 2.41. The highest BCUT2D eigenvalue weighted by molar-refractivity contribution is 8.00. The molecule has 0 aliphatic carbocycles. The SMILES string of the molecule is CN1CC=NC1c1cc(SC(CC(=O)O)C(=O)O)ccc1Oc1c(F)cnc(Oc2cc(C(=N)N)ccc2O)c1F. The highest BCUT2D eigenvalue weighted by atomic mass is 32.2. The van der Waals surface area contributed by atoms with Crippen molar-refractivity contribution in [2.45, 2.75) is 22.7 Å². The Morgan fingerprint density at radius 3 is 2.59 bits per heavy atom. The van der Waals surface area contributed by atoms with Crippen LogP contribution in [0.15, 0.2) is 52.5 Å². The lowest BCUT2D eigenvalue weighted by Crippen LogP contribution is -2.21. The first-order valence-electron chi connectivity index (χ1n) is 11.8. The molecule has 214 valence electrons. The molecule has 2 aromatic carbocycles. The fourth-order valence-corrected chi connectivity index (χ4v) is 4.78. The largest absolute Gasteiger partial charge is 0.504 e. The number of carboxylic acid groups (broad SMARTS) is 2. The average Bonchev–Trinajstić information content (AvgIpc) is 3.34. The number of rotatable bonds is 11. The normalized spacial score (nSPS) is 15.4. The van der Waals surface area contributed by atoms with Gasteiger partial charge in [0.2, 0.25) is 11.6 Å². The van der Waals surface area contributed by atoms with Crippen molar-refractivity contribution in [1.82, 2.24) is 9.88 Å². The van der Waals surface area contributed by atoms with Crippen molar-refractivity contribution in [2.75, 3.05) is 13.6 Å². The number of carboxylic acids is 2. The maximum Gasteiger partial charge on any atom is 0.317 e. The van der Waals surface area contributed by atoms with Crippen LogP contribution in [0.25, 0.3) is 0 Å². The Morgan fingerprint density at radius 2 is 1.95 bits per heavy atom. The molecule has 4 rings (SSSR count). The molecule has 6 N–H and O–H groups in total. The molecule has 2 atom stereocenters. The van der Waals surface area contributed by atoms with Crippen LogP contribution in [0.4, 0.5) is 8.78 Å². The lowest BCUT2D eigenvalue weighted by Gasteiger charge is -2.22. The summed E-state index contributed by atoms with van der Waals surface area (Å²) >= 11 is 0.797. The van der Waals surface area contributed by atoms with E-state index in [1.165, 1.54) is 36.4 Å². The van der Waals surface area contributed by atoms with Crippen LogP contribution >= 0.6 is 11.8 Å². The Hall–Kier alpha value is -4.76. The van der Waals surface area contributed by atoms with E-state index in [0.717, 1.165) is 11.8 Å². The fourth-order valence-electron chi connectivity index (χ4n) is 3.78. The van der Waals surface area contributed by atoms with Crippen LogP contribution in [-0.4, -0.2) is 68.0 Å². The number of ether oxygens (including phenoxy) is 2. The minimum absolute atomic E-state index is 0.0215. The van der Waals surface area contributed by atoms with Gasteiger partial charge < -0.3 is 30.5 Å². The number of hydrogen-bond donors (Lipinski definition) is 5. The van der Waals surface area contributed by atoms with E-state index in [1.807, 2.05) is 0 Å². The van der Waals surface area contributed by atoms with E-state index in [1.54, 1.807) is 18.2 Å². The minimum Gasteiger partial charge on any atom is -0.504 e. The van der Waals surface area contributed by atoms with E-state index in [4.69, 9.17) is 25.7 Å². The number of nitrogens with zero attached hydrogens (tertiary/aromatic N) is 3. The number of carbonyl (C=O) groups is 2. The predicted octanol–water partition coefficient (Wildman–Crippen LogP) is 3.97. The highest BCUT2D eigenvalue weighted by Gasteiger charge is 2.28. The van der Waals surface area contributed by atoms with Crippen LogP contribution in [0, 0.1) is 17.0 Å². The van der Waals surface area contributed by atoms with Gasteiger partial charge in [0.05, 0.1) is 12.6 Å². The molecule has 15 heteroatoms. The van der Waals surface area contributed by atoms with Crippen molar-refractivity contribution in [3.63, 3.8) is 0 Å². The maximum absolute atomic E-state index is 15.5. The molecule has 2 unspecified atom stereocenters. The number of pyridine rings is 1. The molecule has 1 aliphatic rings. The van der Waals surface area contributed by atoms with Crippen LogP contribution in [0.2, 0.25) is 0 Å². The van der Waals surface area contributed by atoms with Gasteiger partial charge >= 0.3 is 11.9 Å². The minimum atomic E-state index is -1.34. The van der Waals surface area contributed by atoms with Gasteiger partial charge in [0.15, 0.2) is 17.3 Å². The number of nitrogen functional groups attached to an aromatic ring is 1. The molecular formula is C26H23F2N5O7S. The lowest BCUT2D eigenvalue weighted by atomic mass is 10.1. The topological polar surface area (TPSA) is 192 Å². The molecular weight excluding hydrogens is 564 g/mol. The number of halogens is 2. The second-order valence-electron chi connectivity index (χ2n) is 8.74. The van der Waals surface area contributed by atoms with Gasteiger partial charge in [0.25, 0.3) is 5.88 Å². The van der Waals surface area contributed by atoms with Crippen molar-refractivity contribution in [1.29, 1.82) is 5.41 Å². The monoisotopic (exact) mass is 587 g/mol. The molecule has 2 heterocycles. The first-order valence-corrected chi connectivity index (χ1v) is 12.7. The van der Waals surface area contributed by atoms with Gasteiger partial charge in [-0.15, -0.1) is 11.8 Å². The van der Waals surface area contributed by atoms with Gasteiger partial charge in [-0.3, -0.25) is 24.9 Å². The van der Waals surface area contributed by atoms with E-state index in [-0.39, 0.29) is 22.9 Å². The number of thioether (sulfide) groups is 1. The third kappa shape index (κ3) is 6.70. The zero-order valence-corrected chi connectivity index (χ0v) is 22.1. The molecule has 0 saturated heterocycles. The fraction of sp³-hybridized carbons (Fsp3) is 0.192. The Balaban J connectivity index is 1.70. The van der Waals surface area contributed by atoms with Crippen LogP contribution in [0.5, 0.6) is 28.9 Å². The molecule has 41 heavy (non-hydrogen) atoms. The Labute approximate surface area is 235 Å². The number of benzene rings is 2. The standard InChI is InChI=1S/C26H23F2N5O7S/c1-33-7-6-31-24(33)14-9-13(41-19(26(37)38)10-20(35)36)3-5-17(14)39-22-15(27)11-32-25(21(22)28)40-18-8-12(23(29)30)2-4-16(18)34/h2-6,8-9,11,19,24,34H,7,10H2,1H3,(H3,29,30)(H,35,36)(H,37,38). The van der Waals surface area contributed by atoms with Gasteiger partial charge in [-0.05, 0) is 43.4 Å². The number of nitrogens with two attached hydrogens (primary N) is 1. The van der Waals surface area contributed by atoms with Crippen LogP contribution in [0.3, 0.4) is 0 Å². The van der Waals surface area contributed by atoms with E-state index in [9.17, 15) is 24.2 Å². The molecule has 1 aliphatic heterocycles. The van der Waals surface area contributed by atoms with Crippen LogP contribution in [-0.2, 0) is 9.59 Å². The third-order valence-electron chi connectivity index (χ3n) is 5.80. The summed E-state index contributed by atoms with van der Waals surface area (Å²) in [6.07, 6.45) is 1.01. The molecule has 0 saturated carbocycles. The van der Waals surface area contributed by atoms with E-state index in [0.29, 0.717) is 23.2 Å². The quantitative estimate of drug-likeness (QED) is 0.124. The molecule has 12 nitrogen and oxygen atoms in total. The van der Waals surface area contributed by atoms with E-state index < -0.39 is 58.8 Å². The zero-order valence-electron chi connectivity index (χ0n) is 21.2. The number of amidine groups is 1. The smallest absolute Gasteiger partial charge is 0.317 e.